The zero-order valence-electron chi connectivity index (χ0n) is 19.7. The molecule has 0 aromatic heterocycles. The molecule has 4 rings (SSSR count). The van der Waals surface area contributed by atoms with E-state index in [9.17, 15) is 9.59 Å². The fourth-order valence-electron chi connectivity index (χ4n) is 4.74. The van der Waals surface area contributed by atoms with E-state index in [0.717, 1.165) is 64.3 Å². The molecule has 33 heavy (non-hydrogen) atoms. The summed E-state index contributed by atoms with van der Waals surface area (Å²) in [6.45, 7) is 7.20. The molecule has 2 amide bonds. The molecule has 1 saturated heterocycles. The lowest BCUT2D eigenvalue weighted by atomic mass is 10.1. The Morgan fingerprint density at radius 3 is 1.85 bits per heavy atom. The lowest BCUT2D eigenvalue weighted by molar-refractivity contribution is 0.0651. The second-order valence-corrected chi connectivity index (χ2v) is 9.04. The molecule has 2 heterocycles. The van der Waals surface area contributed by atoms with Crippen LogP contribution in [0.25, 0.3) is 0 Å². The molecule has 0 unspecified atom stereocenters. The summed E-state index contributed by atoms with van der Waals surface area (Å²) in [6, 6.07) is 15.5. The van der Waals surface area contributed by atoms with Gasteiger partial charge in [0, 0.05) is 39.3 Å². The quantitative estimate of drug-likeness (QED) is 0.383. The third-order valence-corrected chi connectivity index (χ3v) is 6.76. The summed E-state index contributed by atoms with van der Waals surface area (Å²) < 4.78 is 5.24. The number of fused-ring (bicyclic) bond motifs is 1. The third kappa shape index (κ3) is 6.01. The van der Waals surface area contributed by atoms with E-state index in [1.165, 1.54) is 23.3 Å². The Bertz CT molecular complexity index is 901. The zero-order valence-corrected chi connectivity index (χ0v) is 19.7. The first-order valence-electron chi connectivity index (χ1n) is 12.2. The highest BCUT2D eigenvalue weighted by Gasteiger charge is 2.34. The first-order valence-corrected chi connectivity index (χ1v) is 12.2. The van der Waals surface area contributed by atoms with E-state index in [1.807, 2.05) is 24.3 Å². The number of amides is 2. The Labute approximate surface area is 197 Å². The molecule has 6 nitrogen and oxygen atoms in total. The fraction of sp³-hybridized carbons (Fsp3) is 0.481. The number of hydrogen-bond acceptors (Lipinski definition) is 5. The normalized spacial score (nSPS) is 16.9. The number of unbranched alkanes of at least 4 members (excludes halogenated alkanes) is 4. The fourth-order valence-corrected chi connectivity index (χ4v) is 4.74. The van der Waals surface area contributed by atoms with Crippen molar-refractivity contribution in [2.75, 3.05) is 46.4 Å². The molecule has 2 aromatic carbocycles. The van der Waals surface area contributed by atoms with E-state index in [1.54, 1.807) is 19.2 Å². The maximum Gasteiger partial charge on any atom is 0.261 e. The van der Waals surface area contributed by atoms with Crippen molar-refractivity contribution < 1.29 is 14.3 Å². The molecule has 6 heteroatoms. The van der Waals surface area contributed by atoms with Crippen LogP contribution in [0.2, 0.25) is 0 Å². The molecular weight excluding hydrogens is 414 g/mol. The second-order valence-electron chi connectivity index (χ2n) is 9.04. The summed E-state index contributed by atoms with van der Waals surface area (Å²) in [7, 11) is 1.70. The molecule has 1 fully saturated rings. The van der Waals surface area contributed by atoms with Gasteiger partial charge in [-0.25, -0.2) is 0 Å². The molecule has 0 aliphatic carbocycles. The topological polar surface area (TPSA) is 53.1 Å². The van der Waals surface area contributed by atoms with Crippen LogP contribution in [0.4, 0.5) is 0 Å². The van der Waals surface area contributed by atoms with Crippen molar-refractivity contribution in [3.8, 4) is 5.75 Å². The predicted octanol–water partition coefficient (Wildman–Crippen LogP) is 4.06. The van der Waals surface area contributed by atoms with Crippen LogP contribution in [-0.4, -0.2) is 72.9 Å². The number of piperazine rings is 1. The van der Waals surface area contributed by atoms with Gasteiger partial charge in [0.15, 0.2) is 0 Å². The average Bonchev–Trinajstić information content (AvgIpc) is 3.10. The number of rotatable bonds is 11. The van der Waals surface area contributed by atoms with E-state index >= 15 is 0 Å². The summed E-state index contributed by atoms with van der Waals surface area (Å²) in [5.41, 5.74) is 2.43. The van der Waals surface area contributed by atoms with Crippen molar-refractivity contribution in [1.29, 1.82) is 0 Å². The van der Waals surface area contributed by atoms with Crippen LogP contribution in [0.5, 0.6) is 5.75 Å². The lowest BCUT2D eigenvalue weighted by Crippen LogP contribution is -2.46. The Morgan fingerprint density at radius 2 is 1.24 bits per heavy atom. The molecule has 2 aliphatic rings. The molecule has 2 aliphatic heterocycles. The van der Waals surface area contributed by atoms with Crippen molar-refractivity contribution in [1.82, 2.24) is 14.7 Å². The summed E-state index contributed by atoms with van der Waals surface area (Å²) in [4.78, 5) is 31.3. The summed E-state index contributed by atoms with van der Waals surface area (Å²) >= 11 is 0. The molecule has 176 valence electrons. The number of methoxy groups -OCH3 is 1. The van der Waals surface area contributed by atoms with Gasteiger partial charge in [0.1, 0.15) is 5.75 Å². The van der Waals surface area contributed by atoms with Gasteiger partial charge in [-0.15, -0.1) is 0 Å². The first kappa shape index (κ1) is 23.5. The van der Waals surface area contributed by atoms with Crippen LogP contribution in [0.1, 0.15) is 58.4 Å². The second kappa shape index (κ2) is 11.4. The van der Waals surface area contributed by atoms with Gasteiger partial charge in [-0.2, -0.15) is 0 Å². The molecule has 0 atom stereocenters. The molecular formula is C27H35N3O3. The Kier molecular flexibility index (Phi) is 8.13. The monoisotopic (exact) mass is 449 g/mol. The van der Waals surface area contributed by atoms with E-state index in [0.29, 0.717) is 17.7 Å². The van der Waals surface area contributed by atoms with Gasteiger partial charge in [-0.3, -0.25) is 19.4 Å². The highest BCUT2D eigenvalue weighted by Crippen LogP contribution is 2.23. The molecule has 0 radical (unpaired) electrons. The largest absolute Gasteiger partial charge is 0.497 e. The van der Waals surface area contributed by atoms with E-state index < -0.39 is 0 Å². The van der Waals surface area contributed by atoms with Crippen LogP contribution < -0.4 is 4.74 Å². The molecule has 0 N–H and O–H groups in total. The van der Waals surface area contributed by atoms with Crippen LogP contribution >= 0.6 is 0 Å². The summed E-state index contributed by atoms with van der Waals surface area (Å²) in [5, 5.41) is 0. The van der Waals surface area contributed by atoms with Gasteiger partial charge in [0.05, 0.1) is 18.2 Å². The lowest BCUT2D eigenvalue weighted by Gasteiger charge is -2.34. The highest BCUT2D eigenvalue weighted by molar-refractivity contribution is 6.21. The SMILES string of the molecule is COc1ccc(CN2CCN(CCCCCCCN3C(=O)c4ccccc4C3=O)CC2)cc1. The van der Waals surface area contributed by atoms with Crippen LogP contribution in [0.3, 0.4) is 0 Å². The van der Waals surface area contributed by atoms with Gasteiger partial charge in [0.25, 0.3) is 11.8 Å². The highest BCUT2D eigenvalue weighted by atomic mass is 16.5. The van der Waals surface area contributed by atoms with Gasteiger partial charge in [0.2, 0.25) is 0 Å². The molecule has 2 aromatic rings. The van der Waals surface area contributed by atoms with Gasteiger partial charge in [-0.05, 0) is 49.2 Å². The minimum atomic E-state index is -0.137. The average molecular weight is 450 g/mol. The summed E-state index contributed by atoms with van der Waals surface area (Å²) in [5.74, 6) is 0.635. The maximum absolute atomic E-state index is 12.4. The van der Waals surface area contributed by atoms with Crippen LogP contribution in [-0.2, 0) is 6.54 Å². The standard InChI is InChI=1S/C27H35N3O3/c1-33-23-13-11-22(12-14-23)21-29-19-17-28(18-20-29)15-7-3-2-4-8-16-30-26(31)24-9-5-6-10-25(24)27(30)32/h5-6,9-14H,2-4,7-8,15-21H2,1H3. The van der Waals surface area contributed by atoms with Crippen molar-refractivity contribution in [2.45, 2.75) is 38.6 Å². The minimum absolute atomic E-state index is 0.137. The number of carbonyl (C=O) groups is 2. The van der Waals surface area contributed by atoms with Crippen molar-refractivity contribution in [3.63, 3.8) is 0 Å². The Morgan fingerprint density at radius 1 is 0.697 bits per heavy atom. The number of nitrogens with zero attached hydrogens (tertiary/aromatic N) is 3. The van der Waals surface area contributed by atoms with Crippen LogP contribution in [0.15, 0.2) is 48.5 Å². The molecule has 0 bridgehead atoms. The van der Waals surface area contributed by atoms with E-state index in [4.69, 9.17) is 4.74 Å². The zero-order chi connectivity index (χ0) is 23.0. The number of ether oxygens (including phenoxy) is 1. The van der Waals surface area contributed by atoms with E-state index in [2.05, 4.69) is 21.9 Å². The first-order chi connectivity index (χ1) is 16.2. The number of hydrogen-bond donors (Lipinski definition) is 0. The molecule has 0 spiro atoms. The third-order valence-electron chi connectivity index (χ3n) is 6.76. The van der Waals surface area contributed by atoms with Gasteiger partial charge in [-0.1, -0.05) is 43.5 Å². The Hall–Kier alpha value is -2.70. The minimum Gasteiger partial charge on any atom is -0.497 e. The van der Waals surface area contributed by atoms with Gasteiger partial charge >= 0.3 is 0 Å². The predicted molar refractivity (Wildman–Crippen MR) is 130 cm³/mol. The van der Waals surface area contributed by atoms with Crippen LogP contribution in [0, 0.1) is 0 Å². The van der Waals surface area contributed by atoms with E-state index in [-0.39, 0.29) is 11.8 Å². The maximum atomic E-state index is 12.4. The molecule has 0 saturated carbocycles. The smallest absolute Gasteiger partial charge is 0.261 e. The van der Waals surface area contributed by atoms with Crippen molar-refractivity contribution in [2.24, 2.45) is 0 Å². The van der Waals surface area contributed by atoms with Crippen molar-refractivity contribution >= 4 is 11.8 Å². The number of benzene rings is 2. The summed E-state index contributed by atoms with van der Waals surface area (Å²) in [6.07, 6.45) is 5.51. The number of imide groups is 1. The van der Waals surface area contributed by atoms with Crippen molar-refractivity contribution in [3.05, 3.63) is 65.2 Å². The van der Waals surface area contributed by atoms with Gasteiger partial charge < -0.3 is 9.64 Å². The number of carbonyl (C=O) groups excluding carboxylic acids is 2. The Balaban J connectivity index is 1.05.